The molecule has 0 unspecified atom stereocenters. The summed E-state index contributed by atoms with van der Waals surface area (Å²) >= 11 is 0. The van der Waals surface area contributed by atoms with Gasteiger partial charge >= 0.3 is 0 Å². The van der Waals surface area contributed by atoms with E-state index in [4.69, 9.17) is 14.2 Å². The van der Waals surface area contributed by atoms with Gasteiger partial charge in [-0.3, -0.25) is 0 Å². The molecule has 0 aliphatic rings. The van der Waals surface area contributed by atoms with Gasteiger partial charge in [-0.05, 0) is 6.92 Å². The standard InChI is InChI=1S/C9H17O3/c1-3-5-11-8-9-12-7-6-10-4-2/h3H,1-2,4-9H2. The Labute approximate surface area is 74.3 Å². The van der Waals surface area contributed by atoms with Crippen molar-refractivity contribution in [3.8, 4) is 0 Å². The first-order valence-electron chi connectivity index (χ1n) is 4.05. The molecule has 0 aromatic rings. The largest absolute Gasteiger partial charge is 0.379 e. The van der Waals surface area contributed by atoms with Crippen molar-refractivity contribution in [1.82, 2.24) is 0 Å². The van der Waals surface area contributed by atoms with Crippen molar-refractivity contribution < 1.29 is 14.2 Å². The van der Waals surface area contributed by atoms with Crippen LogP contribution in [0.5, 0.6) is 0 Å². The number of rotatable bonds is 9. The average Bonchev–Trinajstić information content (AvgIpc) is 2.10. The molecule has 0 N–H and O–H groups in total. The molecule has 0 bridgehead atoms. The molecule has 0 rings (SSSR count). The molecule has 0 aromatic carbocycles. The minimum Gasteiger partial charge on any atom is -0.379 e. The van der Waals surface area contributed by atoms with E-state index in [1.807, 2.05) is 0 Å². The molecule has 0 aliphatic carbocycles. The van der Waals surface area contributed by atoms with Gasteiger partial charge in [0, 0.05) is 6.61 Å². The third kappa shape index (κ3) is 9.62. The van der Waals surface area contributed by atoms with Crippen LogP contribution in [-0.2, 0) is 14.2 Å². The van der Waals surface area contributed by atoms with Crippen LogP contribution in [0.2, 0.25) is 0 Å². The zero-order chi connectivity index (χ0) is 9.07. The highest BCUT2D eigenvalue weighted by atomic mass is 16.5. The summed E-state index contributed by atoms with van der Waals surface area (Å²) in [5.41, 5.74) is 0. The SMILES string of the molecule is [CH2]COCCOCCOCC=C. The van der Waals surface area contributed by atoms with Gasteiger partial charge in [0.1, 0.15) is 0 Å². The predicted octanol–water partition coefficient (Wildman–Crippen LogP) is 1.06. The fourth-order valence-corrected chi connectivity index (χ4v) is 0.606. The van der Waals surface area contributed by atoms with E-state index in [1.54, 1.807) is 6.08 Å². The van der Waals surface area contributed by atoms with E-state index in [2.05, 4.69) is 13.5 Å². The summed E-state index contributed by atoms with van der Waals surface area (Å²) in [6, 6.07) is 0. The van der Waals surface area contributed by atoms with Crippen LogP contribution < -0.4 is 0 Å². The van der Waals surface area contributed by atoms with E-state index < -0.39 is 0 Å². The molecule has 0 amide bonds. The van der Waals surface area contributed by atoms with Gasteiger partial charge in [-0.2, -0.15) is 0 Å². The monoisotopic (exact) mass is 173 g/mol. The Kier molecular flexibility index (Phi) is 10.3. The quantitative estimate of drug-likeness (QED) is 0.385. The van der Waals surface area contributed by atoms with Crippen LogP contribution in [0.3, 0.4) is 0 Å². The van der Waals surface area contributed by atoms with Gasteiger partial charge in [-0.15, -0.1) is 6.58 Å². The van der Waals surface area contributed by atoms with Crippen molar-refractivity contribution in [1.29, 1.82) is 0 Å². The van der Waals surface area contributed by atoms with Crippen LogP contribution >= 0.6 is 0 Å². The molecule has 0 fully saturated rings. The molecular formula is C9H17O3. The van der Waals surface area contributed by atoms with Crippen LogP contribution in [0.4, 0.5) is 0 Å². The number of hydrogen-bond acceptors (Lipinski definition) is 3. The third-order valence-corrected chi connectivity index (χ3v) is 1.12. The summed E-state index contributed by atoms with van der Waals surface area (Å²) < 4.78 is 15.2. The molecule has 0 aliphatic heterocycles. The smallest absolute Gasteiger partial charge is 0.0704 e. The predicted molar refractivity (Wildman–Crippen MR) is 48.0 cm³/mol. The maximum absolute atomic E-state index is 5.17. The molecule has 12 heavy (non-hydrogen) atoms. The van der Waals surface area contributed by atoms with E-state index >= 15 is 0 Å². The van der Waals surface area contributed by atoms with Gasteiger partial charge in [0.15, 0.2) is 0 Å². The minimum atomic E-state index is 0.496. The van der Waals surface area contributed by atoms with Gasteiger partial charge in [0.25, 0.3) is 0 Å². The molecule has 1 radical (unpaired) electrons. The zero-order valence-electron chi connectivity index (χ0n) is 7.46. The van der Waals surface area contributed by atoms with Crippen LogP contribution in [0, 0.1) is 6.92 Å². The molecule has 0 spiro atoms. The highest BCUT2D eigenvalue weighted by Gasteiger charge is 1.87. The molecule has 0 aromatic heterocycles. The molecule has 3 nitrogen and oxygen atoms in total. The second kappa shape index (κ2) is 10.6. The molecular weight excluding hydrogens is 156 g/mol. The summed E-state index contributed by atoms with van der Waals surface area (Å²) in [6.45, 7) is 10.6. The fourth-order valence-electron chi connectivity index (χ4n) is 0.606. The molecule has 71 valence electrons. The molecule has 3 heteroatoms. The van der Waals surface area contributed by atoms with E-state index in [9.17, 15) is 0 Å². The van der Waals surface area contributed by atoms with E-state index in [1.165, 1.54) is 0 Å². The van der Waals surface area contributed by atoms with Crippen LogP contribution in [0.1, 0.15) is 0 Å². The van der Waals surface area contributed by atoms with Crippen LogP contribution in [-0.4, -0.2) is 39.6 Å². The van der Waals surface area contributed by atoms with Gasteiger partial charge < -0.3 is 14.2 Å². The summed E-state index contributed by atoms with van der Waals surface area (Å²) in [6.07, 6.45) is 1.71. The molecule has 0 saturated carbocycles. The van der Waals surface area contributed by atoms with Crippen molar-refractivity contribution in [3.63, 3.8) is 0 Å². The topological polar surface area (TPSA) is 27.7 Å². The van der Waals surface area contributed by atoms with Crippen LogP contribution in [0.15, 0.2) is 12.7 Å². The lowest BCUT2D eigenvalue weighted by Crippen LogP contribution is -2.09. The Balaban J connectivity index is 2.77. The second-order valence-corrected chi connectivity index (χ2v) is 2.09. The normalized spacial score (nSPS) is 10.1. The van der Waals surface area contributed by atoms with Crippen molar-refractivity contribution in [2.75, 3.05) is 39.6 Å². The van der Waals surface area contributed by atoms with Gasteiger partial charge in [0.05, 0.1) is 33.0 Å². The maximum atomic E-state index is 5.17. The van der Waals surface area contributed by atoms with E-state index in [0.29, 0.717) is 39.6 Å². The highest BCUT2D eigenvalue weighted by molar-refractivity contribution is 4.63. The Hall–Kier alpha value is -0.380. The third-order valence-electron chi connectivity index (χ3n) is 1.12. The molecule has 0 saturated heterocycles. The van der Waals surface area contributed by atoms with Gasteiger partial charge in [-0.1, -0.05) is 6.08 Å². The van der Waals surface area contributed by atoms with E-state index in [-0.39, 0.29) is 0 Å². The average molecular weight is 173 g/mol. The first kappa shape index (κ1) is 11.6. The number of ether oxygens (including phenoxy) is 3. The lowest BCUT2D eigenvalue weighted by atomic mass is 10.7. The van der Waals surface area contributed by atoms with Crippen molar-refractivity contribution in [2.24, 2.45) is 0 Å². The number of hydrogen-bond donors (Lipinski definition) is 0. The second-order valence-electron chi connectivity index (χ2n) is 2.09. The zero-order valence-corrected chi connectivity index (χ0v) is 7.46. The maximum Gasteiger partial charge on any atom is 0.0704 e. The first-order chi connectivity index (χ1) is 5.91. The van der Waals surface area contributed by atoms with Crippen molar-refractivity contribution in [3.05, 3.63) is 19.6 Å². The summed E-state index contributed by atoms with van der Waals surface area (Å²) in [5, 5.41) is 0. The lowest BCUT2D eigenvalue weighted by molar-refractivity contribution is 0.0250. The minimum absolute atomic E-state index is 0.496. The van der Waals surface area contributed by atoms with Gasteiger partial charge in [-0.25, -0.2) is 0 Å². The first-order valence-corrected chi connectivity index (χ1v) is 4.05. The summed E-state index contributed by atoms with van der Waals surface area (Å²) in [5.74, 6) is 0. The van der Waals surface area contributed by atoms with E-state index in [0.717, 1.165) is 0 Å². The van der Waals surface area contributed by atoms with Crippen molar-refractivity contribution in [2.45, 2.75) is 0 Å². The van der Waals surface area contributed by atoms with Gasteiger partial charge in [0.2, 0.25) is 0 Å². The van der Waals surface area contributed by atoms with Crippen LogP contribution in [0.25, 0.3) is 0 Å². The Morgan fingerprint density at radius 1 is 0.917 bits per heavy atom. The molecule has 0 atom stereocenters. The lowest BCUT2D eigenvalue weighted by Gasteiger charge is -2.03. The fraction of sp³-hybridized carbons (Fsp3) is 0.667. The highest BCUT2D eigenvalue weighted by Crippen LogP contribution is 1.80. The van der Waals surface area contributed by atoms with Crippen molar-refractivity contribution >= 4 is 0 Å². The Morgan fingerprint density at radius 3 is 2.08 bits per heavy atom. The summed E-state index contributed by atoms with van der Waals surface area (Å²) in [4.78, 5) is 0. The Morgan fingerprint density at radius 2 is 1.50 bits per heavy atom. The summed E-state index contributed by atoms with van der Waals surface area (Å²) in [7, 11) is 0. The molecule has 0 heterocycles. The Bertz CT molecular complexity index is 93.8.